The van der Waals surface area contributed by atoms with Crippen molar-refractivity contribution in [3.8, 4) is 6.07 Å². The van der Waals surface area contributed by atoms with Crippen LogP contribution in [0.25, 0.3) is 0 Å². The molecule has 0 atom stereocenters. The summed E-state index contributed by atoms with van der Waals surface area (Å²) in [6.45, 7) is 4.06. The predicted octanol–water partition coefficient (Wildman–Crippen LogP) is 2.91. The van der Waals surface area contributed by atoms with Gasteiger partial charge in [0.2, 0.25) is 5.89 Å². The molecule has 0 amide bonds. The summed E-state index contributed by atoms with van der Waals surface area (Å²) in [7, 11) is 0. The maximum absolute atomic E-state index is 12.9. The highest BCUT2D eigenvalue weighted by atomic mass is 19.1. The van der Waals surface area contributed by atoms with E-state index in [0.29, 0.717) is 18.1 Å². The number of rotatable bonds is 3. The van der Waals surface area contributed by atoms with Gasteiger partial charge in [-0.1, -0.05) is 0 Å². The number of aromatic nitrogens is 1. The van der Waals surface area contributed by atoms with Gasteiger partial charge in [-0.2, -0.15) is 5.26 Å². The van der Waals surface area contributed by atoms with Gasteiger partial charge in [-0.3, -0.25) is 0 Å². The quantitative estimate of drug-likeness (QED) is 0.903. The molecular weight excluding hydrogens is 233 g/mol. The second kappa shape index (κ2) is 4.88. The molecule has 1 aromatic carbocycles. The predicted molar refractivity (Wildman–Crippen MR) is 64.4 cm³/mol. The highest BCUT2D eigenvalue weighted by Gasteiger charge is 2.07. The number of aryl methyl sites for hydroxylation is 2. The molecule has 18 heavy (non-hydrogen) atoms. The Morgan fingerprint density at radius 2 is 2.22 bits per heavy atom. The summed E-state index contributed by atoms with van der Waals surface area (Å²) in [5, 5.41) is 11.9. The highest BCUT2D eigenvalue weighted by Crippen LogP contribution is 2.17. The van der Waals surface area contributed by atoms with Crippen LogP contribution in [0.1, 0.15) is 22.9 Å². The fraction of sp³-hybridized carbons (Fsp3) is 0.231. The lowest BCUT2D eigenvalue weighted by Crippen LogP contribution is -2.02. The average molecular weight is 245 g/mol. The lowest BCUT2D eigenvalue weighted by molar-refractivity contribution is 0.478. The molecule has 2 rings (SSSR count). The monoisotopic (exact) mass is 245 g/mol. The Balaban J connectivity index is 2.13. The van der Waals surface area contributed by atoms with Crippen LogP contribution in [-0.4, -0.2) is 4.98 Å². The topological polar surface area (TPSA) is 61.9 Å². The van der Waals surface area contributed by atoms with Crippen LogP contribution in [-0.2, 0) is 6.54 Å². The summed E-state index contributed by atoms with van der Waals surface area (Å²) >= 11 is 0. The van der Waals surface area contributed by atoms with Gasteiger partial charge >= 0.3 is 0 Å². The first kappa shape index (κ1) is 12.1. The fourth-order valence-corrected chi connectivity index (χ4v) is 1.55. The number of nitriles is 1. The molecule has 0 radical (unpaired) electrons. The van der Waals surface area contributed by atoms with Crippen LogP contribution in [0.3, 0.4) is 0 Å². The van der Waals surface area contributed by atoms with E-state index in [4.69, 9.17) is 9.68 Å². The van der Waals surface area contributed by atoms with Crippen LogP contribution >= 0.6 is 0 Å². The SMILES string of the molecule is Cc1nc(CNc2ccc(F)cc2C#N)oc1C. The van der Waals surface area contributed by atoms with Crippen LogP contribution in [0.2, 0.25) is 0 Å². The molecule has 1 heterocycles. The maximum Gasteiger partial charge on any atom is 0.213 e. The van der Waals surface area contributed by atoms with E-state index >= 15 is 0 Å². The molecule has 0 saturated heterocycles. The molecule has 0 aliphatic heterocycles. The first-order valence-electron chi connectivity index (χ1n) is 5.46. The van der Waals surface area contributed by atoms with Crippen molar-refractivity contribution in [2.45, 2.75) is 20.4 Å². The molecule has 0 unspecified atom stereocenters. The minimum Gasteiger partial charge on any atom is -0.444 e. The summed E-state index contributed by atoms with van der Waals surface area (Å²) in [5.74, 6) is 0.879. The third-order valence-electron chi connectivity index (χ3n) is 2.60. The molecule has 5 heteroatoms. The average Bonchev–Trinajstić information content (AvgIpc) is 2.67. The number of oxazole rings is 1. The minimum absolute atomic E-state index is 0.259. The van der Waals surface area contributed by atoms with E-state index in [1.54, 1.807) is 0 Å². The van der Waals surface area contributed by atoms with Gasteiger partial charge in [0, 0.05) is 0 Å². The number of nitrogens with zero attached hydrogens (tertiary/aromatic N) is 2. The second-order valence-electron chi connectivity index (χ2n) is 3.90. The molecule has 0 fully saturated rings. The number of hydrogen-bond acceptors (Lipinski definition) is 4. The Labute approximate surface area is 104 Å². The first-order valence-corrected chi connectivity index (χ1v) is 5.46. The van der Waals surface area contributed by atoms with Crippen LogP contribution in [0.5, 0.6) is 0 Å². The molecule has 2 aromatic rings. The van der Waals surface area contributed by atoms with E-state index < -0.39 is 5.82 Å². The van der Waals surface area contributed by atoms with Gasteiger partial charge in [-0.25, -0.2) is 9.37 Å². The van der Waals surface area contributed by atoms with E-state index in [-0.39, 0.29) is 5.56 Å². The number of benzene rings is 1. The van der Waals surface area contributed by atoms with Crippen LogP contribution in [0, 0.1) is 31.0 Å². The van der Waals surface area contributed by atoms with Crippen molar-refractivity contribution >= 4 is 5.69 Å². The van der Waals surface area contributed by atoms with E-state index in [2.05, 4.69) is 10.3 Å². The van der Waals surface area contributed by atoms with Crippen molar-refractivity contribution in [2.24, 2.45) is 0 Å². The third-order valence-corrected chi connectivity index (χ3v) is 2.60. The summed E-state index contributed by atoms with van der Waals surface area (Å²) < 4.78 is 18.3. The van der Waals surface area contributed by atoms with E-state index in [0.717, 1.165) is 11.5 Å². The molecule has 0 aliphatic carbocycles. The van der Waals surface area contributed by atoms with Gasteiger partial charge in [0.1, 0.15) is 17.6 Å². The molecule has 0 bridgehead atoms. The summed E-state index contributed by atoms with van der Waals surface area (Å²) in [4.78, 5) is 4.21. The van der Waals surface area contributed by atoms with Crippen LogP contribution < -0.4 is 5.32 Å². The highest BCUT2D eigenvalue weighted by molar-refractivity contribution is 5.57. The fourth-order valence-electron chi connectivity index (χ4n) is 1.55. The van der Waals surface area contributed by atoms with Crippen molar-refractivity contribution < 1.29 is 8.81 Å². The molecular formula is C13H12FN3O. The lowest BCUT2D eigenvalue weighted by Gasteiger charge is -2.05. The summed E-state index contributed by atoms with van der Waals surface area (Å²) in [5.41, 5.74) is 1.66. The smallest absolute Gasteiger partial charge is 0.213 e. The van der Waals surface area contributed by atoms with Crippen molar-refractivity contribution in [3.05, 3.63) is 46.9 Å². The van der Waals surface area contributed by atoms with Gasteiger partial charge in [0.25, 0.3) is 0 Å². The molecule has 92 valence electrons. The molecule has 1 aromatic heterocycles. The molecule has 4 nitrogen and oxygen atoms in total. The van der Waals surface area contributed by atoms with Gasteiger partial charge in [0.05, 0.1) is 23.5 Å². The standard InChI is InChI=1S/C13H12FN3O/c1-8-9(2)18-13(17-8)7-16-12-4-3-11(14)5-10(12)6-15/h3-5,16H,7H2,1-2H3. The number of nitrogens with one attached hydrogen (secondary N) is 1. The van der Waals surface area contributed by atoms with E-state index in [1.165, 1.54) is 18.2 Å². The number of hydrogen-bond donors (Lipinski definition) is 1. The van der Waals surface area contributed by atoms with Crippen molar-refractivity contribution in [3.63, 3.8) is 0 Å². The van der Waals surface area contributed by atoms with Crippen LogP contribution in [0.4, 0.5) is 10.1 Å². The zero-order valence-electron chi connectivity index (χ0n) is 10.1. The number of halogens is 1. The minimum atomic E-state index is -0.431. The van der Waals surface area contributed by atoms with Gasteiger partial charge in [0.15, 0.2) is 0 Å². The van der Waals surface area contributed by atoms with Crippen molar-refractivity contribution in [1.29, 1.82) is 5.26 Å². The van der Waals surface area contributed by atoms with E-state index in [1.807, 2.05) is 19.9 Å². The largest absolute Gasteiger partial charge is 0.444 e. The summed E-state index contributed by atoms with van der Waals surface area (Å²) in [6, 6.07) is 5.95. The van der Waals surface area contributed by atoms with E-state index in [9.17, 15) is 4.39 Å². The van der Waals surface area contributed by atoms with Crippen molar-refractivity contribution in [1.82, 2.24) is 4.98 Å². The zero-order valence-corrected chi connectivity index (χ0v) is 10.1. The van der Waals surface area contributed by atoms with Gasteiger partial charge in [-0.15, -0.1) is 0 Å². The Bertz CT molecular complexity index is 594. The Kier molecular flexibility index (Phi) is 3.28. The molecule has 0 aliphatic rings. The van der Waals surface area contributed by atoms with Crippen molar-refractivity contribution in [2.75, 3.05) is 5.32 Å². The maximum atomic E-state index is 12.9. The zero-order chi connectivity index (χ0) is 13.1. The number of anilines is 1. The first-order chi connectivity index (χ1) is 8.60. The lowest BCUT2D eigenvalue weighted by atomic mass is 10.2. The van der Waals surface area contributed by atoms with Gasteiger partial charge < -0.3 is 9.73 Å². The molecule has 1 N–H and O–H groups in total. The molecule has 0 saturated carbocycles. The van der Waals surface area contributed by atoms with Crippen LogP contribution in [0.15, 0.2) is 22.6 Å². The molecule has 0 spiro atoms. The summed E-state index contributed by atoms with van der Waals surface area (Å²) in [6.07, 6.45) is 0. The Hall–Kier alpha value is -2.35. The Morgan fingerprint density at radius 1 is 1.44 bits per heavy atom. The van der Waals surface area contributed by atoms with Gasteiger partial charge in [-0.05, 0) is 32.0 Å². The Morgan fingerprint density at radius 3 is 2.83 bits per heavy atom. The normalized spacial score (nSPS) is 10.1. The third kappa shape index (κ3) is 2.48. The second-order valence-corrected chi connectivity index (χ2v) is 3.90.